The number of ether oxygens (including phenoxy) is 2. The highest BCUT2D eigenvalue weighted by molar-refractivity contribution is 6.02. The summed E-state index contributed by atoms with van der Waals surface area (Å²) in [6.45, 7) is 4.42. The standard InChI is InChI=1S/C31H42N4O6/c1-30(2)14-11-19(26(36)34-30)15-23(29(39)41-4)33-27(37)24-17-31(12-6-5-7-13-31)18-35(24)28(38)22-16-20-21(32-22)9-8-10-25(20)40-3/h8-10,16,19,23-24,32H,5-7,11-15,17-18H2,1-4H3,(H,33,37)(H,34,36)/t19?,23-,24?/m0/s1. The zero-order valence-electron chi connectivity index (χ0n) is 24.5. The Morgan fingerprint density at radius 2 is 1.88 bits per heavy atom. The number of nitrogens with zero attached hydrogens (tertiary/aromatic N) is 1. The number of hydrogen-bond donors (Lipinski definition) is 3. The molecular weight excluding hydrogens is 524 g/mol. The number of carbonyl (C=O) groups is 4. The van der Waals surface area contributed by atoms with Gasteiger partial charge < -0.3 is 30.0 Å². The van der Waals surface area contributed by atoms with E-state index in [1.807, 2.05) is 32.0 Å². The van der Waals surface area contributed by atoms with Crippen molar-refractivity contribution in [3.63, 3.8) is 0 Å². The summed E-state index contributed by atoms with van der Waals surface area (Å²) in [5, 5.41) is 6.69. The van der Waals surface area contributed by atoms with Gasteiger partial charge >= 0.3 is 5.97 Å². The molecule has 3 fully saturated rings. The third-order valence-electron chi connectivity index (χ3n) is 9.33. The molecule has 10 heteroatoms. The molecule has 2 aliphatic heterocycles. The summed E-state index contributed by atoms with van der Waals surface area (Å²) in [5.41, 5.74) is 0.736. The zero-order valence-corrected chi connectivity index (χ0v) is 24.5. The number of rotatable bonds is 7. The molecule has 0 bridgehead atoms. The minimum Gasteiger partial charge on any atom is -0.496 e. The van der Waals surface area contributed by atoms with Crippen LogP contribution in [0.25, 0.3) is 10.9 Å². The molecule has 3 heterocycles. The lowest BCUT2D eigenvalue weighted by atomic mass is 9.72. The van der Waals surface area contributed by atoms with Crippen LogP contribution >= 0.6 is 0 Å². The average Bonchev–Trinajstić information content (AvgIpc) is 3.55. The molecule has 5 rings (SSSR count). The number of fused-ring (bicyclic) bond motifs is 1. The second kappa shape index (κ2) is 11.4. The van der Waals surface area contributed by atoms with E-state index >= 15 is 0 Å². The number of nitrogens with one attached hydrogen (secondary N) is 3. The van der Waals surface area contributed by atoms with Crippen LogP contribution in [-0.2, 0) is 19.1 Å². The molecule has 41 heavy (non-hydrogen) atoms. The fraction of sp³-hybridized carbons (Fsp3) is 0.613. The third kappa shape index (κ3) is 5.92. The van der Waals surface area contributed by atoms with Crippen molar-refractivity contribution in [3.8, 4) is 5.75 Å². The van der Waals surface area contributed by atoms with Gasteiger partial charge in [-0.3, -0.25) is 14.4 Å². The van der Waals surface area contributed by atoms with Gasteiger partial charge in [0, 0.05) is 28.9 Å². The van der Waals surface area contributed by atoms with Gasteiger partial charge in [0.1, 0.15) is 23.5 Å². The van der Waals surface area contributed by atoms with E-state index in [9.17, 15) is 19.2 Å². The number of aromatic nitrogens is 1. The first-order valence-electron chi connectivity index (χ1n) is 14.7. The maximum Gasteiger partial charge on any atom is 0.328 e. The first-order valence-corrected chi connectivity index (χ1v) is 14.7. The van der Waals surface area contributed by atoms with Gasteiger partial charge in [-0.25, -0.2) is 4.79 Å². The molecule has 1 spiro atoms. The van der Waals surface area contributed by atoms with Gasteiger partial charge in [0.05, 0.1) is 14.2 Å². The predicted octanol–water partition coefficient (Wildman–Crippen LogP) is 3.69. The van der Waals surface area contributed by atoms with Crippen LogP contribution in [0.3, 0.4) is 0 Å². The number of hydrogen-bond acceptors (Lipinski definition) is 6. The van der Waals surface area contributed by atoms with Crippen molar-refractivity contribution in [1.29, 1.82) is 0 Å². The van der Waals surface area contributed by atoms with Crippen LogP contribution in [0.5, 0.6) is 5.75 Å². The molecule has 3 amide bonds. The van der Waals surface area contributed by atoms with Crippen molar-refractivity contribution < 1.29 is 28.7 Å². The van der Waals surface area contributed by atoms with E-state index < -0.39 is 24.0 Å². The van der Waals surface area contributed by atoms with Crippen LogP contribution in [-0.4, -0.2) is 72.0 Å². The smallest absolute Gasteiger partial charge is 0.328 e. The van der Waals surface area contributed by atoms with Gasteiger partial charge in [-0.15, -0.1) is 0 Å². The summed E-state index contributed by atoms with van der Waals surface area (Å²) in [4.78, 5) is 58.3. The number of piperidine rings is 1. The van der Waals surface area contributed by atoms with Crippen LogP contribution in [0.2, 0.25) is 0 Å². The Morgan fingerprint density at radius 1 is 1.12 bits per heavy atom. The molecule has 0 radical (unpaired) electrons. The molecule has 2 saturated heterocycles. The Bertz CT molecular complexity index is 1330. The minimum atomic E-state index is -0.985. The van der Waals surface area contributed by atoms with E-state index in [1.54, 1.807) is 18.1 Å². The fourth-order valence-electron chi connectivity index (χ4n) is 7.04. The molecule has 1 aliphatic carbocycles. The molecule has 3 N–H and O–H groups in total. The molecule has 2 unspecified atom stereocenters. The molecular formula is C31H42N4O6. The summed E-state index contributed by atoms with van der Waals surface area (Å²) in [6.07, 6.45) is 7.28. The average molecular weight is 567 g/mol. The Kier molecular flexibility index (Phi) is 8.03. The van der Waals surface area contributed by atoms with Crippen molar-refractivity contribution in [2.45, 2.75) is 89.3 Å². The minimum absolute atomic E-state index is 0.127. The summed E-state index contributed by atoms with van der Waals surface area (Å²) in [7, 11) is 2.87. The Balaban J connectivity index is 1.39. The van der Waals surface area contributed by atoms with Gasteiger partial charge in [0.15, 0.2) is 0 Å². The number of aromatic amines is 1. The van der Waals surface area contributed by atoms with Crippen molar-refractivity contribution in [3.05, 3.63) is 30.0 Å². The fourth-order valence-corrected chi connectivity index (χ4v) is 7.04. The Labute approximate surface area is 240 Å². The molecule has 2 aromatic rings. The van der Waals surface area contributed by atoms with Crippen molar-refractivity contribution >= 4 is 34.6 Å². The van der Waals surface area contributed by atoms with E-state index in [-0.39, 0.29) is 35.1 Å². The lowest BCUT2D eigenvalue weighted by Gasteiger charge is -2.36. The number of esters is 1. The van der Waals surface area contributed by atoms with Gasteiger partial charge in [-0.1, -0.05) is 25.3 Å². The van der Waals surface area contributed by atoms with Crippen LogP contribution in [0.15, 0.2) is 24.3 Å². The molecule has 1 saturated carbocycles. The number of benzene rings is 1. The lowest BCUT2D eigenvalue weighted by Crippen LogP contribution is -2.54. The van der Waals surface area contributed by atoms with Gasteiger partial charge in [0.2, 0.25) is 11.8 Å². The van der Waals surface area contributed by atoms with Crippen molar-refractivity contribution in [2.75, 3.05) is 20.8 Å². The Hall–Kier alpha value is -3.56. The summed E-state index contributed by atoms with van der Waals surface area (Å²) in [6, 6.07) is 5.64. The second-order valence-corrected chi connectivity index (χ2v) is 12.7. The molecule has 1 aromatic carbocycles. The quantitative estimate of drug-likeness (QED) is 0.439. The summed E-state index contributed by atoms with van der Waals surface area (Å²) in [5.74, 6) is -1.12. The topological polar surface area (TPSA) is 130 Å². The van der Waals surface area contributed by atoms with E-state index in [0.29, 0.717) is 30.8 Å². The first-order chi connectivity index (χ1) is 19.5. The monoisotopic (exact) mass is 566 g/mol. The molecule has 3 aliphatic rings. The van der Waals surface area contributed by atoms with Crippen LogP contribution in [0.4, 0.5) is 0 Å². The third-order valence-corrected chi connectivity index (χ3v) is 9.33. The van der Waals surface area contributed by atoms with Crippen molar-refractivity contribution in [1.82, 2.24) is 20.5 Å². The predicted molar refractivity (Wildman–Crippen MR) is 153 cm³/mol. The van der Waals surface area contributed by atoms with Crippen LogP contribution in [0, 0.1) is 11.3 Å². The van der Waals surface area contributed by atoms with E-state index in [4.69, 9.17) is 9.47 Å². The SMILES string of the molecule is COC(=O)[C@H](CC1CCC(C)(C)NC1=O)NC(=O)C1CC2(CCCCC2)CN1C(=O)c1cc2c(OC)cccc2[nH]1. The maximum atomic E-state index is 14.0. The number of likely N-dealkylation sites (tertiary alicyclic amines) is 1. The maximum absolute atomic E-state index is 14.0. The molecule has 3 atom stereocenters. The van der Waals surface area contributed by atoms with Gasteiger partial charge in [0.25, 0.3) is 5.91 Å². The van der Waals surface area contributed by atoms with E-state index in [2.05, 4.69) is 15.6 Å². The van der Waals surface area contributed by atoms with Crippen LogP contribution < -0.4 is 15.4 Å². The van der Waals surface area contributed by atoms with Gasteiger partial charge in [-0.05, 0) is 76.0 Å². The Morgan fingerprint density at radius 3 is 2.56 bits per heavy atom. The normalized spacial score (nSPS) is 24.1. The van der Waals surface area contributed by atoms with Crippen molar-refractivity contribution in [2.24, 2.45) is 11.3 Å². The number of amides is 3. The van der Waals surface area contributed by atoms with E-state index in [0.717, 1.165) is 49.4 Å². The van der Waals surface area contributed by atoms with Gasteiger partial charge in [-0.2, -0.15) is 0 Å². The number of carbonyl (C=O) groups excluding carboxylic acids is 4. The van der Waals surface area contributed by atoms with E-state index in [1.165, 1.54) is 7.11 Å². The number of methoxy groups -OCH3 is 2. The largest absolute Gasteiger partial charge is 0.496 e. The molecule has 1 aromatic heterocycles. The van der Waals surface area contributed by atoms with Crippen LogP contribution in [0.1, 0.15) is 82.1 Å². The number of H-pyrrole nitrogens is 1. The summed E-state index contributed by atoms with van der Waals surface area (Å²) >= 11 is 0. The highest BCUT2D eigenvalue weighted by Crippen LogP contribution is 2.47. The molecule has 10 nitrogen and oxygen atoms in total. The highest BCUT2D eigenvalue weighted by atomic mass is 16.5. The lowest BCUT2D eigenvalue weighted by molar-refractivity contribution is -0.146. The zero-order chi connectivity index (χ0) is 29.4. The highest BCUT2D eigenvalue weighted by Gasteiger charge is 2.50. The second-order valence-electron chi connectivity index (χ2n) is 12.7. The summed E-state index contributed by atoms with van der Waals surface area (Å²) < 4.78 is 10.5. The first kappa shape index (κ1) is 29.0. The molecule has 222 valence electrons.